The molecular weight excluding hydrogens is 341 g/mol. The predicted octanol–water partition coefficient (Wildman–Crippen LogP) is 2.78. The van der Waals surface area contributed by atoms with Crippen LogP contribution in [0.15, 0.2) is 35.0 Å². The monoisotopic (exact) mass is 363 g/mol. The molecule has 0 aliphatic heterocycles. The maximum Gasteiger partial charge on any atom is 0.252 e. The lowest BCUT2D eigenvalue weighted by molar-refractivity contribution is -0.121. The van der Waals surface area contributed by atoms with Crippen molar-refractivity contribution in [3.05, 3.63) is 52.0 Å². The highest BCUT2D eigenvalue weighted by Gasteiger charge is 2.08. The maximum absolute atomic E-state index is 13.9. The first-order valence-corrected chi connectivity index (χ1v) is 8.94. The van der Waals surface area contributed by atoms with Gasteiger partial charge >= 0.3 is 0 Å². The van der Waals surface area contributed by atoms with Crippen LogP contribution in [0.2, 0.25) is 0 Å². The first-order chi connectivity index (χ1) is 12.0. The van der Waals surface area contributed by atoms with E-state index in [-0.39, 0.29) is 24.2 Å². The van der Waals surface area contributed by atoms with Gasteiger partial charge in [0, 0.05) is 44.5 Å². The van der Waals surface area contributed by atoms with E-state index in [9.17, 15) is 14.0 Å². The van der Waals surface area contributed by atoms with Gasteiger partial charge in [-0.25, -0.2) is 4.39 Å². The van der Waals surface area contributed by atoms with E-state index in [2.05, 4.69) is 10.6 Å². The number of nitrogens with zero attached hydrogens (tertiary/aromatic N) is 1. The molecule has 0 aliphatic rings. The van der Waals surface area contributed by atoms with Gasteiger partial charge in [-0.3, -0.25) is 9.59 Å². The van der Waals surface area contributed by atoms with Gasteiger partial charge in [0.15, 0.2) is 0 Å². The number of hydrogen-bond donors (Lipinski definition) is 2. The van der Waals surface area contributed by atoms with Gasteiger partial charge < -0.3 is 15.5 Å². The fraction of sp³-hybridized carbons (Fsp3) is 0.333. The van der Waals surface area contributed by atoms with Crippen molar-refractivity contribution in [3.63, 3.8) is 0 Å². The lowest BCUT2D eigenvalue weighted by Crippen LogP contribution is -2.27. The second-order valence-corrected chi connectivity index (χ2v) is 6.61. The van der Waals surface area contributed by atoms with E-state index in [1.165, 1.54) is 17.4 Å². The molecule has 2 amide bonds. The SMILES string of the molecule is CN(C)c1ccc(CNC(=O)CCCNC(=O)c2ccsc2)cc1F. The van der Waals surface area contributed by atoms with Gasteiger partial charge in [-0.05, 0) is 35.6 Å². The third-order valence-corrected chi connectivity index (χ3v) is 4.32. The van der Waals surface area contributed by atoms with Crippen molar-refractivity contribution in [2.45, 2.75) is 19.4 Å². The average Bonchev–Trinajstić information content (AvgIpc) is 3.11. The highest BCUT2D eigenvalue weighted by molar-refractivity contribution is 7.08. The minimum absolute atomic E-state index is 0.123. The molecule has 1 aromatic heterocycles. The third kappa shape index (κ3) is 5.86. The molecule has 7 heteroatoms. The highest BCUT2D eigenvalue weighted by atomic mass is 32.1. The molecule has 0 unspecified atom stereocenters. The van der Waals surface area contributed by atoms with E-state index < -0.39 is 0 Å². The number of anilines is 1. The topological polar surface area (TPSA) is 61.4 Å². The Kier molecular flexibility index (Phi) is 6.94. The van der Waals surface area contributed by atoms with Gasteiger partial charge in [0.1, 0.15) is 5.82 Å². The molecule has 0 saturated heterocycles. The summed E-state index contributed by atoms with van der Waals surface area (Å²) in [5, 5.41) is 9.16. The summed E-state index contributed by atoms with van der Waals surface area (Å²) in [5.41, 5.74) is 1.86. The second kappa shape index (κ2) is 9.17. The Hall–Kier alpha value is -2.41. The van der Waals surface area contributed by atoms with Gasteiger partial charge in [0.05, 0.1) is 5.69 Å². The van der Waals surface area contributed by atoms with Gasteiger partial charge in [-0.2, -0.15) is 11.3 Å². The number of carbonyl (C=O) groups excluding carboxylic acids is 2. The largest absolute Gasteiger partial charge is 0.375 e. The molecule has 2 rings (SSSR count). The minimum Gasteiger partial charge on any atom is -0.375 e. The van der Waals surface area contributed by atoms with Crippen LogP contribution in [-0.4, -0.2) is 32.5 Å². The maximum atomic E-state index is 13.9. The number of halogens is 1. The number of rotatable bonds is 8. The predicted molar refractivity (Wildman–Crippen MR) is 98.5 cm³/mol. The standard InChI is InChI=1S/C18H22FN3O2S/c1-22(2)16-6-5-13(10-15(16)19)11-21-17(23)4-3-8-20-18(24)14-7-9-25-12-14/h5-7,9-10,12H,3-4,8,11H2,1-2H3,(H,20,24)(H,21,23). The number of nitrogens with one attached hydrogen (secondary N) is 2. The van der Waals surface area contributed by atoms with Crippen LogP contribution in [0.5, 0.6) is 0 Å². The van der Waals surface area contributed by atoms with Crippen LogP contribution >= 0.6 is 11.3 Å². The van der Waals surface area contributed by atoms with Gasteiger partial charge in [-0.1, -0.05) is 6.07 Å². The van der Waals surface area contributed by atoms with Crippen molar-refractivity contribution in [3.8, 4) is 0 Å². The number of benzene rings is 1. The smallest absolute Gasteiger partial charge is 0.252 e. The Morgan fingerprint density at radius 3 is 2.64 bits per heavy atom. The lowest BCUT2D eigenvalue weighted by atomic mass is 10.2. The van der Waals surface area contributed by atoms with Crippen molar-refractivity contribution in [1.82, 2.24) is 10.6 Å². The molecule has 0 fully saturated rings. The van der Waals surface area contributed by atoms with Crippen molar-refractivity contribution < 1.29 is 14.0 Å². The molecule has 0 saturated carbocycles. The molecule has 0 bridgehead atoms. The van der Waals surface area contributed by atoms with Crippen LogP contribution in [0.3, 0.4) is 0 Å². The van der Waals surface area contributed by atoms with Crippen LogP contribution < -0.4 is 15.5 Å². The molecule has 0 radical (unpaired) electrons. The number of carbonyl (C=O) groups is 2. The molecule has 25 heavy (non-hydrogen) atoms. The van der Waals surface area contributed by atoms with E-state index in [0.717, 1.165) is 0 Å². The van der Waals surface area contributed by atoms with Crippen molar-refractivity contribution in [1.29, 1.82) is 0 Å². The zero-order valence-electron chi connectivity index (χ0n) is 14.3. The van der Waals surface area contributed by atoms with Gasteiger partial charge in [0.2, 0.25) is 5.91 Å². The van der Waals surface area contributed by atoms with Crippen LogP contribution in [0.4, 0.5) is 10.1 Å². The van der Waals surface area contributed by atoms with E-state index in [1.807, 2.05) is 5.38 Å². The molecule has 1 aromatic carbocycles. The number of amides is 2. The summed E-state index contributed by atoms with van der Waals surface area (Å²) < 4.78 is 13.9. The minimum atomic E-state index is -0.312. The summed E-state index contributed by atoms with van der Waals surface area (Å²) in [6, 6.07) is 6.67. The average molecular weight is 363 g/mol. The molecule has 1 heterocycles. The van der Waals surface area contributed by atoms with E-state index >= 15 is 0 Å². The molecule has 5 nitrogen and oxygen atoms in total. The number of thiophene rings is 1. The Labute approximate surface area is 150 Å². The zero-order chi connectivity index (χ0) is 18.2. The summed E-state index contributed by atoms with van der Waals surface area (Å²) in [5.74, 6) is -0.562. The Morgan fingerprint density at radius 1 is 1.20 bits per heavy atom. The fourth-order valence-electron chi connectivity index (χ4n) is 2.26. The lowest BCUT2D eigenvalue weighted by Gasteiger charge is -2.14. The van der Waals surface area contributed by atoms with E-state index in [0.29, 0.717) is 36.2 Å². The quantitative estimate of drug-likeness (QED) is 0.709. The molecular formula is C18H22FN3O2S. The van der Waals surface area contributed by atoms with Crippen molar-refractivity contribution in [2.24, 2.45) is 0 Å². The van der Waals surface area contributed by atoms with Crippen LogP contribution in [0, 0.1) is 5.82 Å². The number of hydrogen-bond acceptors (Lipinski definition) is 4. The Balaban J connectivity index is 1.67. The molecule has 0 atom stereocenters. The Morgan fingerprint density at radius 2 is 2.00 bits per heavy atom. The summed E-state index contributed by atoms with van der Waals surface area (Å²) in [4.78, 5) is 25.2. The normalized spacial score (nSPS) is 10.4. The molecule has 0 spiro atoms. The van der Waals surface area contributed by atoms with Crippen molar-refractivity contribution >= 4 is 28.8 Å². The van der Waals surface area contributed by atoms with E-state index in [4.69, 9.17) is 0 Å². The molecule has 2 N–H and O–H groups in total. The highest BCUT2D eigenvalue weighted by Crippen LogP contribution is 2.18. The zero-order valence-corrected chi connectivity index (χ0v) is 15.2. The second-order valence-electron chi connectivity index (χ2n) is 5.83. The first-order valence-electron chi connectivity index (χ1n) is 8.00. The summed E-state index contributed by atoms with van der Waals surface area (Å²) >= 11 is 1.47. The van der Waals surface area contributed by atoms with Crippen molar-refractivity contribution in [2.75, 3.05) is 25.5 Å². The summed E-state index contributed by atoms with van der Waals surface area (Å²) in [6.45, 7) is 0.721. The molecule has 134 valence electrons. The molecule has 2 aromatic rings. The third-order valence-electron chi connectivity index (χ3n) is 3.63. The summed E-state index contributed by atoms with van der Waals surface area (Å²) in [6.07, 6.45) is 0.859. The van der Waals surface area contributed by atoms with Crippen LogP contribution in [0.1, 0.15) is 28.8 Å². The fourth-order valence-corrected chi connectivity index (χ4v) is 2.89. The van der Waals surface area contributed by atoms with Crippen LogP contribution in [0.25, 0.3) is 0 Å². The summed E-state index contributed by atoms with van der Waals surface area (Å²) in [7, 11) is 3.55. The van der Waals surface area contributed by atoms with E-state index in [1.54, 1.807) is 42.6 Å². The molecule has 0 aliphatic carbocycles. The van der Waals surface area contributed by atoms with Crippen LogP contribution in [-0.2, 0) is 11.3 Å². The van der Waals surface area contributed by atoms with Gasteiger partial charge in [0.25, 0.3) is 5.91 Å². The first kappa shape index (κ1) is 18.9. The van der Waals surface area contributed by atoms with Gasteiger partial charge in [-0.15, -0.1) is 0 Å². The Bertz CT molecular complexity index is 717.